The van der Waals surface area contributed by atoms with Gasteiger partial charge in [0, 0.05) is 11.3 Å². The molecule has 0 saturated heterocycles. The summed E-state index contributed by atoms with van der Waals surface area (Å²) < 4.78 is 5.08. The van der Waals surface area contributed by atoms with Crippen LogP contribution in [0.5, 0.6) is 0 Å². The Kier molecular flexibility index (Phi) is 2.77. The fourth-order valence-electron chi connectivity index (χ4n) is 1.23. The Bertz CT molecular complexity index is 443. The van der Waals surface area contributed by atoms with Gasteiger partial charge in [0.25, 0.3) is 0 Å². The van der Waals surface area contributed by atoms with Gasteiger partial charge >= 0.3 is 0 Å². The van der Waals surface area contributed by atoms with Crippen LogP contribution in [0.1, 0.15) is 22.8 Å². The summed E-state index contributed by atoms with van der Waals surface area (Å²) in [6, 6.07) is 0. The van der Waals surface area contributed by atoms with E-state index < -0.39 is 0 Å². The molecular weight excluding hydrogens is 212 g/mol. The summed E-state index contributed by atoms with van der Waals surface area (Å²) in [4.78, 5) is 4.21. The summed E-state index contributed by atoms with van der Waals surface area (Å²) >= 11 is 1.57. The highest BCUT2D eigenvalue weighted by Crippen LogP contribution is 2.23. The lowest BCUT2D eigenvalue weighted by atomic mass is 10.2. The maximum atomic E-state index is 5.08. The van der Waals surface area contributed by atoms with Crippen molar-refractivity contribution in [3.05, 3.63) is 22.8 Å². The van der Waals surface area contributed by atoms with Crippen LogP contribution in [-0.2, 0) is 5.75 Å². The molecule has 6 heteroatoms. The van der Waals surface area contributed by atoms with Crippen molar-refractivity contribution in [3.63, 3.8) is 0 Å². The van der Waals surface area contributed by atoms with E-state index in [9.17, 15) is 0 Å². The van der Waals surface area contributed by atoms with Gasteiger partial charge in [0.15, 0.2) is 0 Å². The minimum Gasteiger partial charge on any atom is -0.361 e. The first kappa shape index (κ1) is 10.2. The molecule has 0 radical (unpaired) electrons. The molecule has 0 saturated carbocycles. The first-order valence-electron chi connectivity index (χ1n) is 4.60. The third-order valence-corrected chi connectivity index (χ3v) is 2.98. The molecule has 0 aliphatic heterocycles. The van der Waals surface area contributed by atoms with Crippen molar-refractivity contribution in [1.82, 2.24) is 20.3 Å². The van der Waals surface area contributed by atoms with Crippen LogP contribution >= 0.6 is 11.8 Å². The number of H-pyrrole nitrogens is 1. The molecule has 0 amide bonds. The molecular formula is C9H12N4OS. The molecule has 2 rings (SSSR count). The molecule has 1 N–H and O–H groups in total. The van der Waals surface area contributed by atoms with E-state index in [2.05, 4.69) is 20.3 Å². The zero-order valence-corrected chi connectivity index (χ0v) is 9.68. The van der Waals surface area contributed by atoms with Crippen LogP contribution in [0.25, 0.3) is 0 Å². The predicted molar refractivity (Wildman–Crippen MR) is 56.7 cm³/mol. The van der Waals surface area contributed by atoms with Crippen molar-refractivity contribution in [2.75, 3.05) is 0 Å². The molecule has 2 aromatic heterocycles. The number of aromatic nitrogens is 4. The monoisotopic (exact) mass is 224 g/mol. The highest BCUT2D eigenvalue weighted by molar-refractivity contribution is 7.98. The summed E-state index contributed by atoms with van der Waals surface area (Å²) in [6.07, 6.45) is 0. The van der Waals surface area contributed by atoms with Gasteiger partial charge in [-0.1, -0.05) is 16.9 Å². The second-order valence-corrected chi connectivity index (χ2v) is 4.24. The summed E-state index contributed by atoms with van der Waals surface area (Å²) in [5.74, 6) is 2.49. The number of nitrogens with one attached hydrogen (secondary N) is 1. The average molecular weight is 224 g/mol. The smallest absolute Gasteiger partial charge is 0.208 e. The standard InChI is InChI=1S/C9H12N4OS/c1-5-8(6(2)14-13-5)4-15-9-10-7(3)11-12-9/h4H2,1-3H3,(H,10,11,12). The lowest BCUT2D eigenvalue weighted by molar-refractivity contribution is 0.392. The highest BCUT2D eigenvalue weighted by Gasteiger charge is 2.10. The number of aromatic amines is 1. The lowest BCUT2D eigenvalue weighted by Gasteiger charge is -1.95. The van der Waals surface area contributed by atoms with Crippen LogP contribution in [-0.4, -0.2) is 20.3 Å². The Morgan fingerprint density at radius 1 is 1.33 bits per heavy atom. The summed E-state index contributed by atoms with van der Waals surface area (Å²) in [6.45, 7) is 5.74. The van der Waals surface area contributed by atoms with Gasteiger partial charge in [0.05, 0.1) is 5.69 Å². The van der Waals surface area contributed by atoms with Crippen molar-refractivity contribution in [1.29, 1.82) is 0 Å². The van der Waals surface area contributed by atoms with Crippen LogP contribution in [0.2, 0.25) is 0 Å². The van der Waals surface area contributed by atoms with Crippen molar-refractivity contribution in [3.8, 4) is 0 Å². The molecule has 5 nitrogen and oxygen atoms in total. The van der Waals surface area contributed by atoms with Gasteiger partial charge in [-0.05, 0) is 20.8 Å². The molecule has 0 bridgehead atoms. The van der Waals surface area contributed by atoms with Crippen molar-refractivity contribution < 1.29 is 4.52 Å². The fourth-order valence-corrected chi connectivity index (χ4v) is 2.23. The van der Waals surface area contributed by atoms with Crippen LogP contribution in [0.4, 0.5) is 0 Å². The van der Waals surface area contributed by atoms with E-state index in [-0.39, 0.29) is 0 Å². The maximum absolute atomic E-state index is 5.08. The normalized spacial score (nSPS) is 10.9. The zero-order valence-electron chi connectivity index (χ0n) is 8.87. The first-order valence-corrected chi connectivity index (χ1v) is 5.59. The molecule has 0 aliphatic carbocycles. The molecule has 0 spiro atoms. The van der Waals surface area contributed by atoms with E-state index in [1.54, 1.807) is 11.8 Å². The lowest BCUT2D eigenvalue weighted by Crippen LogP contribution is -1.85. The van der Waals surface area contributed by atoms with E-state index in [0.717, 1.165) is 33.8 Å². The predicted octanol–water partition coefficient (Wildman–Crippen LogP) is 2.01. The van der Waals surface area contributed by atoms with Gasteiger partial charge in [0.2, 0.25) is 5.16 Å². The maximum Gasteiger partial charge on any atom is 0.208 e. The Balaban J connectivity index is 2.05. The van der Waals surface area contributed by atoms with Gasteiger partial charge in [-0.25, -0.2) is 4.98 Å². The quantitative estimate of drug-likeness (QED) is 0.808. The number of hydrogen-bond donors (Lipinski definition) is 1. The Morgan fingerprint density at radius 2 is 2.13 bits per heavy atom. The van der Waals surface area contributed by atoms with Gasteiger partial charge in [-0.2, -0.15) is 0 Å². The fraction of sp³-hybridized carbons (Fsp3) is 0.444. The van der Waals surface area contributed by atoms with E-state index in [0.29, 0.717) is 0 Å². The minimum absolute atomic E-state index is 0.757. The second-order valence-electron chi connectivity index (χ2n) is 3.29. The van der Waals surface area contributed by atoms with E-state index in [1.807, 2.05) is 20.8 Å². The van der Waals surface area contributed by atoms with E-state index >= 15 is 0 Å². The zero-order chi connectivity index (χ0) is 10.8. The molecule has 0 aromatic carbocycles. The Labute approximate surface area is 91.7 Å². The van der Waals surface area contributed by atoms with Gasteiger partial charge in [0.1, 0.15) is 11.6 Å². The van der Waals surface area contributed by atoms with Crippen molar-refractivity contribution >= 4 is 11.8 Å². The van der Waals surface area contributed by atoms with Gasteiger partial charge in [-0.15, -0.1) is 5.10 Å². The molecule has 0 fully saturated rings. The van der Waals surface area contributed by atoms with Crippen LogP contribution in [0.3, 0.4) is 0 Å². The molecule has 0 aliphatic rings. The summed E-state index contributed by atoms with van der Waals surface area (Å²) in [7, 11) is 0. The van der Waals surface area contributed by atoms with Crippen LogP contribution in [0, 0.1) is 20.8 Å². The molecule has 0 atom stereocenters. The second kappa shape index (κ2) is 4.06. The number of rotatable bonds is 3. The SMILES string of the molecule is Cc1nc(SCc2c(C)noc2C)n[nH]1. The molecule has 80 valence electrons. The molecule has 0 unspecified atom stereocenters. The van der Waals surface area contributed by atoms with E-state index in [1.165, 1.54) is 0 Å². The van der Waals surface area contributed by atoms with Crippen LogP contribution < -0.4 is 0 Å². The number of thioether (sulfide) groups is 1. The largest absolute Gasteiger partial charge is 0.361 e. The first-order chi connectivity index (χ1) is 7.16. The van der Waals surface area contributed by atoms with Gasteiger partial charge < -0.3 is 4.52 Å². The average Bonchev–Trinajstić information content (AvgIpc) is 2.73. The highest BCUT2D eigenvalue weighted by atomic mass is 32.2. The molecule has 2 heterocycles. The number of hydrogen-bond acceptors (Lipinski definition) is 5. The minimum atomic E-state index is 0.757. The van der Waals surface area contributed by atoms with E-state index in [4.69, 9.17) is 4.52 Å². The van der Waals surface area contributed by atoms with Crippen molar-refractivity contribution in [2.45, 2.75) is 31.7 Å². The molecule has 15 heavy (non-hydrogen) atoms. The summed E-state index contributed by atoms with van der Waals surface area (Å²) in [5.41, 5.74) is 2.06. The Hall–Kier alpha value is -1.30. The van der Waals surface area contributed by atoms with Gasteiger partial charge in [-0.3, -0.25) is 5.10 Å². The topological polar surface area (TPSA) is 67.6 Å². The third kappa shape index (κ3) is 2.20. The van der Waals surface area contributed by atoms with Crippen molar-refractivity contribution in [2.24, 2.45) is 0 Å². The molecule has 2 aromatic rings. The summed E-state index contributed by atoms with van der Waals surface area (Å²) in [5, 5.41) is 11.5. The third-order valence-electron chi connectivity index (χ3n) is 2.10. The number of nitrogens with zero attached hydrogens (tertiary/aromatic N) is 3. The number of aryl methyl sites for hydroxylation is 3. The Morgan fingerprint density at radius 3 is 2.67 bits per heavy atom. The van der Waals surface area contributed by atoms with Crippen LogP contribution in [0.15, 0.2) is 9.68 Å².